The van der Waals surface area contributed by atoms with Crippen LogP contribution in [0.1, 0.15) is 23.2 Å². The van der Waals surface area contributed by atoms with Crippen molar-refractivity contribution in [1.29, 1.82) is 0 Å². The van der Waals surface area contributed by atoms with Gasteiger partial charge in [0.05, 0.1) is 12.2 Å². The number of likely N-dealkylation sites (tertiary alicyclic amines) is 1. The SMILES string of the molecule is CNC1CCN(C(=O)c2ccccc2OCCOC)CC1. The number of rotatable bonds is 6. The van der Waals surface area contributed by atoms with E-state index in [4.69, 9.17) is 9.47 Å². The fraction of sp³-hybridized carbons (Fsp3) is 0.562. The van der Waals surface area contributed by atoms with Crippen LogP contribution < -0.4 is 10.1 Å². The summed E-state index contributed by atoms with van der Waals surface area (Å²) < 4.78 is 10.6. The summed E-state index contributed by atoms with van der Waals surface area (Å²) in [6.45, 7) is 2.53. The Balaban J connectivity index is 2.01. The largest absolute Gasteiger partial charge is 0.490 e. The minimum Gasteiger partial charge on any atom is -0.490 e. The molecule has 0 unspecified atom stereocenters. The Kier molecular flexibility index (Phi) is 6.02. The van der Waals surface area contributed by atoms with Gasteiger partial charge in [-0.25, -0.2) is 0 Å². The van der Waals surface area contributed by atoms with Crippen LogP contribution in [0.4, 0.5) is 0 Å². The second kappa shape index (κ2) is 8.00. The number of ether oxygens (including phenoxy) is 2. The topological polar surface area (TPSA) is 50.8 Å². The Morgan fingerprint density at radius 2 is 2.00 bits per heavy atom. The minimum absolute atomic E-state index is 0.0533. The number of benzene rings is 1. The minimum atomic E-state index is 0.0533. The average molecular weight is 292 g/mol. The number of amides is 1. The van der Waals surface area contributed by atoms with Crippen LogP contribution in [0.25, 0.3) is 0 Å². The zero-order valence-corrected chi connectivity index (χ0v) is 12.8. The van der Waals surface area contributed by atoms with Gasteiger partial charge in [0.25, 0.3) is 5.91 Å². The number of nitrogens with one attached hydrogen (secondary N) is 1. The van der Waals surface area contributed by atoms with Gasteiger partial charge in [-0.2, -0.15) is 0 Å². The van der Waals surface area contributed by atoms with Crippen molar-refractivity contribution in [3.8, 4) is 5.75 Å². The summed E-state index contributed by atoms with van der Waals surface area (Å²) in [6.07, 6.45) is 1.99. The molecule has 0 radical (unpaired) electrons. The molecule has 1 aliphatic rings. The van der Waals surface area contributed by atoms with Gasteiger partial charge in [-0.15, -0.1) is 0 Å². The van der Waals surface area contributed by atoms with E-state index in [2.05, 4.69) is 5.32 Å². The Bertz CT molecular complexity index is 457. The molecule has 1 aromatic carbocycles. The lowest BCUT2D eigenvalue weighted by Crippen LogP contribution is -2.44. The van der Waals surface area contributed by atoms with Crippen molar-refractivity contribution in [2.24, 2.45) is 0 Å². The maximum atomic E-state index is 12.6. The molecule has 21 heavy (non-hydrogen) atoms. The van der Waals surface area contributed by atoms with Crippen LogP contribution in [0.5, 0.6) is 5.75 Å². The number of hydrogen-bond donors (Lipinski definition) is 1. The molecule has 1 fully saturated rings. The molecule has 0 aliphatic carbocycles. The predicted molar refractivity (Wildman–Crippen MR) is 81.8 cm³/mol. The van der Waals surface area contributed by atoms with Crippen LogP contribution in [0.3, 0.4) is 0 Å². The molecule has 1 heterocycles. The normalized spacial score (nSPS) is 16.0. The highest BCUT2D eigenvalue weighted by atomic mass is 16.5. The van der Waals surface area contributed by atoms with E-state index in [1.807, 2.05) is 36.2 Å². The molecular weight excluding hydrogens is 268 g/mol. The van der Waals surface area contributed by atoms with E-state index in [0.717, 1.165) is 25.9 Å². The smallest absolute Gasteiger partial charge is 0.257 e. The number of piperidine rings is 1. The van der Waals surface area contributed by atoms with Gasteiger partial charge in [0.2, 0.25) is 0 Å². The summed E-state index contributed by atoms with van der Waals surface area (Å²) in [6, 6.07) is 7.93. The van der Waals surface area contributed by atoms with Crippen molar-refractivity contribution in [3.05, 3.63) is 29.8 Å². The van der Waals surface area contributed by atoms with Crippen molar-refractivity contribution in [2.75, 3.05) is 40.5 Å². The predicted octanol–water partition coefficient (Wildman–Crippen LogP) is 1.54. The maximum absolute atomic E-state index is 12.6. The second-order valence-corrected chi connectivity index (χ2v) is 5.19. The van der Waals surface area contributed by atoms with Crippen molar-refractivity contribution in [3.63, 3.8) is 0 Å². The molecule has 1 aliphatic heterocycles. The molecule has 1 saturated heterocycles. The summed E-state index contributed by atoms with van der Waals surface area (Å²) in [4.78, 5) is 14.6. The number of hydrogen-bond acceptors (Lipinski definition) is 4. The molecule has 0 saturated carbocycles. The molecule has 5 heteroatoms. The Morgan fingerprint density at radius 1 is 1.29 bits per heavy atom. The molecule has 116 valence electrons. The standard InChI is InChI=1S/C16H24N2O3/c1-17-13-7-9-18(10-8-13)16(19)14-5-3-4-6-15(14)21-12-11-20-2/h3-6,13,17H,7-12H2,1-2H3. The number of methoxy groups -OCH3 is 1. The van der Waals surface area contributed by atoms with Crippen molar-refractivity contribution in [2.45, 2.75) is 18.9 Å². The van der Waals surface area contributed by atoms with E-state index >= 15 is 0 Å². The van der Waals surface area contributed by atoms with Gasteiger partial charge in [0, 0.05) is 26.2 Å². The van der Waals surface area contributed by atoms with E-state index in [9.17, 15) is 4.79 Å². The van der Waals surface area contributed by atoms with Crippen LogP contribution >= 0.6 is 0 Å². The van der Waals surface area contributed by atoms with Gasteiger partial charge in [-0.05, 0) is 32.0 Å². The molecule has 5 nitrogen and oxygen atoms in total. The van der Waals surface area contributed by atoms with Crippen molar-refractivity contribution >= 4 is 5.91 Å². The molecule has 0 bridgehead atoms. The lowest BCUT2D eigenvalue weighted by molar-refractivity contribution is 0.0700. The van der Waals surface area contributed by atoms with Crippen molar-refractivity contribution in [1.82, 2.24) is 10.2 Å². The fourth-order valence-corrected chi connectivity index (χ4v) is 2.55. The number of para-hydroxylation sites is 1. The molecule has 1 N–H and O–H groups in total. The Hall–Kier alpha value is -1.59. The van der Waals surface area contributed by atoms with E-state index in [1.165, 1.54) is 0 Å². The van der Waals surface area contributed by atoms with Crippen LogP contribution in [0.2, 0.25) is 0 Å². The van der Waals surface area contributed by atoms with Gasteiger partial charge in [-0.3, -0.25) is 4.79 Å². The third-order valence-corrected chi connectivity index (χ3v) is 3.85. The lowest BCUT2D eigenvalue weighted by Gasteiger charge is -2.32. The van der Waals surface area contributed by atoms with Gasteiger partial charge >= 0.3 is 0 Å². The summed E-state index contributed by atoms with van der Waals surface area (Å²) in [5.41, 5.74) is 0.636. The first-order valence-electron chi connectivity index (χ1n) is 7.43. The van der Waals surface area contributed by atoms with Crippen LogP contribution in [0, 0.1) is 0 Å². The summed E-state index contributed by atoms with van der Waals surface area (Å²) in [5, 5.41) is 3.27. The third-order valence-electron chi connectivity index (χ3n) is 3.85. The molecule has 2 rings (SSSR count). The average Bonchev–Trinajstić information content (AvgIpc) is 2.55. The lowest BCUT2D eigenvalue weighted by atomic mass is 10.0. The molecule has 0 aromatic heterocycles. The van der Waals surface area contributed by atoms with Crippen LogP contribution in [0.15, 0.2) is 24.3 Å². The van der Waals surface area contributed by atoms with E-state index in [1.54, 1.807) is 7.11 Å². The quantitative estimate of drug-likeness (QED) is 0.808. The van der Waals surface area contributed by atoms with E-state index in [0.29, 0.717) is 30.6 Å². The summed E-state index contributed by atoms with van der Waals surface area (Å²) in [7, 11) is 3.60. The maximum Gasteiger partial charge on any atom is 0.257 e. The monoisotopic (exact) mass is 292 g/mol. The van der Waals surface area contributed by atoms with Crippen LogP contribution in [-0.4, -0.2) is 57.3 Å². The number of carbonyl (C=O) groups is 1. The zero-order valence-electron chi connectivity index (χ0n) is 12.8. The highest BCUT2D eigenvalue weighted by Crippen LogP contribution is 2.22. The zero-order chi connectivity index (χ0) is 15.1. The van der Waals surface area contributed by atoms with E-state index < -0.39 is 0 Å². The van der Waals surface area contributed by atoms with Crippen LogP contribution in [-0.2, 0) is 4.74 Å². The van der Waals surface area contributed by atoms with Crippen molar-refractivity contribution < 1.29 is 14.3 Å². The van der Waals surface area contributed by atoms with Gasteiger partial charge in [-0.1, -0.05) is 12.1 Å². The Labute approximate surface area is 126 Å². The highest BCUT2D eigenvalue weighted by molar-refractivity contribution is 5.97. The molecule has 0 atom stereocenters. The first-order chi connectivity index (χ1) is 10.3. The summed E-state index contributed by atoms with van der Waals surface area (Å²) >= 11 is 0. The second-order valence-electron chi connectivity index (χ2n) is 5.19. The first-order valence-corrected chi connectivity index (χ1v) is 7.43. The Morgan fingerprint density at radius 3 is 2.67 bits per heavy atom. The molecule has 1 aromatic rings. The highest BCUT2D eigenvalue weighted by Gasteiger charge is 2.24. The third kappa shape index (κ3) is 4.19. The molecule has 1 amide bonds. The number of nitrogens with zero attached hydrogens (tertiary/aromatic N) is 1. The van der Waals surface area contributed by atoms with Gasteiger partial charge in [0.15, 0.2) is 0 Å². The number of carbonyl (C=O) groups excluding carboxylic acids is 1. The molecule has 0 spiro atoms. The summed E-state index contributed by atoms with van der Waals surface area (Å²) in [5.74, 6) is 0.688. The van der Waals surface area contributed by atoms with Gasteiger partial charge in [0.1, 0.15) is 12.4 Å². The first kappa shape index (κ1) is 15.8. The molecular formula is C16H24N2O3. The van der Waals surface area contributed by atoms with Gasteiger partial charge < -0.3 is 19.7 Å². The van der Waals surface area contributed by atoms with E-state index in [-0.39, 0.29) is 5.91 Å². The fourth-order valence-electron chi connectivity index (χ4n) is 2.55.